The van der Waals surface area contributed by atoms with E-state index in [1.54, 1.807) is 22.8 Å². The van der Waals surface area contributed by atoms with Gasteiger partial charge in [-0.1, -0.05) is 20.3 Å². The van der Waals surface area contributed by atoms with Gasteiger partial charge in [0.15, 0.2) is 0 Å². The van der Waals surface area contributed by atoms with Gasteiger partial charge in [0.1, 0.15) is 22.6 Å². The van der Waals surface area contributed by atoms with Crippen LogP contribution < -0.4 is 10.3 Å². The predicted octanol–water partition coefficient (Wildman–Crippen LogP) is 3.12. The first-order valence-electron chi connectivity index (χ1n) is 13.1. The molecule has 10 nitrogen and oxygen atoms in total. The lowest BCUT2D eigenvalue weighted by Crippen LogP contribution is -2.48. The summed E-state index contributed by atoms with van der Waals surface area (Å²) in [7, 11) is -1.96. The molecule has 3 aromatic rings. The fourth-order valence-electron chi connectivity index (χ4n) is 4.82. The average Bonchev–Trinajstić information content (AvgIpc) is 3.16. The summed E-state index contributed by atoms with van der Waals surface area (Å²) in [6.07, 6.45) is 3.07. The molecule has 0 aliphatic carbocycles. The van der Waals surface area contributed by atoms with Crippen LogP contribution in [-0.2, 0) is 23.5 Å². The minimum Gasteiger partial charge on any atom is -0.493 e. The number of hydrogen-bond acceptors (Lipinski definition) is 7. The highest BCUT2D eigenvalue weighted by molar-refractivity contribution is 9.10. The van der Waals surface area contributed by atoms with Gasteiger partial charge in [-0.3, -0.25) is 4.79 Å². The van der Waals surface area contributed by atoms with Gasteiger partial charge in [-0.2, -0.15) is 4.31 Å². The molecule has 208 valence electrons. The van der Waals surface area contributed by atoms with E-state index < -0.39 is 10.0 Å². The van der Waals surface area contributed by atoms with Crippen molar-refractivity contribution in [1.82, 2.24) is 23.7 Å². The van der Waals surface area contributed by atoms with Gasteiger partial charge >= 0.3 is 0 Å². The third-order valence-electron chi connectivity index (χ3n) is 6.83. The van der Waals surface area contributed by atoms with Crippen LogP contribution in [0.25, 0.3) is 22.4 Å². The van der Waals surface area contributed by atoms with E-state index in [0.717, 1.165) is 36.0 Å². The molecular formula is C26H36BrN5O5S. The third kappa shape index (κ3) is 5.69. The topological polar surface area (TPSA) is 121 Å². The third-order valence-corrected chi connectivity index (χ3v) is 9.73. The van der Waals surface area contributed by atoms with E-state index in [2.05, 4.69) is 32.7 Å². The van der Waals surface area contributed by atoms with Crippen molar-refractivity contribution >= 4 is 37.0 Å². The zero-order chi connectivity index (χ0) is 27.4. The van der Waals surface area contributed by atoms with Crippen molar-refractivity contribution in [2.75, 3.05) is 45.9 Å². The second-order valence-corrected chi connectivity index (χ2v) is 12.2. The number of H-pyrrole nitrogens is 1. The lowest BCUT2D eigenvalue weighted by atomic mass is 10.1. The molecule has 0 bridgehead atoms. The molecule has 12 heteroatoms. The highest BCUT2D eigenvalue weighted by Gasteiger charge is 2.30. The second-order valence-electron chi connectivity index (χ2n) is 9.52. The van der Waals surface area contributed by atoms with Crippen LogP contribution in [0.4, 0.5) is 0 Å². The first-order valence-corrected chi connectivity index (χ1v) is 15.3. The number of ether oxygens (including phenoxy) is 1. The predicted molar refractivity (Wildman–Crippen MR) is 151 cm³/mol. The number of aromatic nitrogens is 3. The second kappa shape index (κ2) is 12.3. The SMILES string of the molecule is CCCOc1ccc(S(=O)(=O)N2CCN(CCCO)CC2)cc1-c1nc2c(CCC)c(Br)n(C)c2c(=O)[nH]1. The Kier molecular flexibility index (Phi) is 9.30. The van der Waals surface area contributed by atoms with Gasteiger partial charge in [-0.05, 0) is 53.4 Å². The monoisotopic (exact) mass is 609 g/mol. The van der Waals surface area contributed by atoms with Gasteiger partial charge in [-0.25, -0.2) is 13.4 Å². The number of aliphatic hydroxyl groups excluding tert-OH is 1. The molecular weight excluding hydrogens is 574 g/mol. The van der Waals surface area contributed by atoms with Crippen LogP contribution in [0.15, 0.2) is 32.5 Å². The summed E-state index contributed by atoms with van der Waals surface area (Å²) in [5, 5.41) is 9.08. The number of aryl methyl sites for hydroxylation is 2. The van der Waals surface area contributed by atoms with E-state index in [4.69, 9.17) is 14.8 Å². The maximum absolute atomic E-state index is 13.6. The van der Waals surface area contributed by atoms with Crippen LogP contribution in [0.2, 0.25) is 0 Å². The molecule has 0 atom stereocenters. The standard InChI is InChI=1S/C26H36BrN5O5S/c1-4-7-19-22-23(30(3)24(19)27)26(34)29-25(28-22)20-17-18(8-9-21(20)37-16-5-2)38(35,36)32-13-11-31(12-14-32)10-6-15-33/h8-9,17,33H,4-7,10-16H2,1-3H3,(H,28,29,34). The number of aliphatic hydroxyl groups is 1. The highest BCUT2D eigenvalue weighted by atomic mass is 79.9. The van der Waals surface area contributed by atoms with Gasteiger partial charge in [0.05, 0.1) is 21.7 Å². The fraction of sp³-hybridized carbons (Fsp3) is 0.538. The molecule has 3 heterocycles. The molecule has 0 spiro atoms. The Labute approximate surface area is 231 Å². The summed E-state index contributed by atoms with van der Waals surface area (Å²) in [4.78, 5) is 23.2. The van der Waals surface area contributed by atoms with E-state index in [1.165, 1.54) is 4.31 Å². The van der Waals surface area contributed by atoms with Crippen LogP contribution >= 0.6 is 15.9 Å². The number of hydrogen-bond donors (Lipinski definition) is 2. The lowest BCUT2D eigenvalue weighted by Gasteiger charge is -2.33. The maximum Gasteiger partial charge on any atom is 0.275 e. The van der Waals surface area contributed by atoms with E-state index in [1.807, 2.05) is 14.0 Å². The first-order chi connectivity index (χ1) is 18.2. The van der Waals surface area contributed by atoms with Crippen molar-refractivity contribution in [1.29, 1.82) is 0 Å². The van der Waals surface area contributed by atoms with Crippen molar-refractivity contribution in [3.05, 3.63) is 38.7 Å². The Hall–Kier alpha value is -2.25. The Morgan fingerprint density at radius 3 is 2.55 bits per heavy atom. The molecule has 4 rings (SSSR count). The van der Waals surface area contributed by atoms with Crippen molar-refractivity contribution < 1.29 is 18.3 Å². The van der Waals surface area contributed by atoms with Crippen molar-refractivity contribution in [3.63, 3.8) is 0 Å². The quantitative estimate of drug-likeness (QED) is 0.342. The molecule has 1 fully saturated rings. The van der Waals surface area contributed by atoms with E-state index in [0.29, 0.717) is 61.6 Å². The zero-order valence-electron chi connectivity index (χ0n) is 22.2. The number of piperazine rings is 1. The summed E-state index contributed by atoms with van der Waals surface area (Å²) in [6.45, 7) is 7.33. The number of nitrogens with one attached hydrogen (secondary N) is 1. The van der Waals surface area contributed by atoms with E-state index in [9.17, 15) is 13.2 Å². The maximum atomic E-state index is 13.6. The summed E-state index contributed by atoms with van der Waals surface area (Å²) < 4.78 is 37.2. The zero-order valence-corrected chi connectivity index (χ0v) is 24.6. The van der Waals surface area contributed by atoms with Crippen LogP contribution in [0.3, 0.4) is 0 Å². The van der Waals surface area contributed by atoms with Crippen molar-refractivity contribution in [3.8, 4) is 17.1 Å². The van der Waals surface area contributed by atoms with Crippen LogP contribution in [0, 0.1) is 0 Å². The molecule has 0 amide bonds. The minimum atomic E-state index is -3.78. The summed E-state index contributed by atoms with van der Waals surface area (Å²) in [5.41, 5.74) is 2.12. The van der Waals surface area contributed by atoms with Gasteiger partial charge in [0, 0.05) is 51.9 Å². The Morgan fingerprint density at radius 1 is 1.16 bits per heavy atom. The number of fused-ring (bicyclic) bond motifs is 1. The normalized spacial score (nSPS) is 15.4. The Bertz CT molecular complexity index is 1440. The van der Waals surface area contributed by atoms with Crippen molar-refractivity contribution in [2.45, 2.75) is 44.4 Å². The van der Waals surface area contributed by atoms with E-state index in [-0.39, 0.29) is 22.9 Å². The summed E-state index contributed by atoms with van der Waals surface area (Å²) >= 11 is 3.60. The first kappa shape index (κ1) is 28.8. The number of rotatable bonds is 11. The number of benzene rings is 1. The smallest absolute Gasteiger partial charge is 0.275 e. The minimum absolute atomic E-state index is 0.121. The van der Waals surface area contributed by atoms with Crippen LogP contribution in [0.5, 0.6) is 5.75 Å². The molecule has 2 aromatic heterocycles. The molecule has 2 N–H and O–H groups in total. The van der Waals surface area contributed by atoms with Crippen LogP contribution in [0.1, 0.15) is 38.7 Å². The summed E-state index contributed by atoms with van der Waals surface area (Å²) in [6, 6.07) is 4.76. The molecule has 1 aliphatic heterocycles. The van der Waals surface area contributed by atoms with Gasteiger partial charge in [0.2, 0.25) is 10.0 Å². The number of nitrogens with zero attached hydrogens (tertiary/aromatic N) is 4. The summed E-state index contributed by atoms with van der Waals surface area (Å²) in [5.74, 6) is 0.740. The molecule has 1 aromatic carbocycles. The van der Waals surface area contributed by atoms with Gasteiger partial charge in [-0.15, -0.1) is 0 Å². The number of sulfonamides is 1. The number of halogens is 1. The molecule has 1 saturated heterocycles. The average molecular weight is 611 g/mol. The molecule has 1 aliphatic rings. The Morgan fingerprint density at radius 2 is 1.89 bits per heavy atom. The number of aromatic amines is 1. The molecule has 0 unspecified atom stereocenters. The lowest BCUT2D eigenvalue weighted by molar-refractivity contribution is 0.171. The molecule has 38 heavy (non-hydrogen) atoms. The fourth-order valence-corrected chi connectivity index (χ4v) is 6.83. The molecule has 0 saturated carbocycles. The van der Waals surface area contributed by atoms with Crippen LogP contribution in [-0.4, -0.2) is 83.2 Å². The highest BCUT2D eigenvalue weighted by Crippen LogP contribution is 2.34. The largest absolute Gasteiger partial charge is 0.493 e. The van der Waals surface area contributed by atoms with Gasteiger partial charge < -0.3 is 24.3 Å². The van der Waals surface area contributed by atoms with E-state index >= 15 is 0 Å². The Balaban J connectivity index is 1.77. The van der Waals surface area contributed by atoms with Crippen molar-refractivity contribution in [2.24, 2.45) is 7.05 Å². The van der Waals surface area contributed by atoms with Gasteiger partial charge in [0.25, 0.3) is 5.56 Å². The molecule has 0 radical (unpaired) electrons.